The summed E-state index contributed by atoms with van der Waals surface area (Å²) in [6, 6.07) is -0.992. The first-order valence-corrected chi connectivity index (χ1v) is 4.16. The van der Waals surface area contributed by atoms with Crippen LogP contribution in [0.15, 0.2) is 0 Å². The van der Waals surface area contributed by atoms with Gasteiger partial charge in [-0.1, -0.05) is 13.3 Å². The molecule has 0 bridgehead atoms. The molecule has 2 N–H and O–H groups in total. The lowest BCUT2D eigenvalue weighted by atomic mass is 10.3. The Hall–Kier alpha value is -1.10. The highest BCUT2D eigenvalue weighted by Gasteiger charge is 2.10. The average Bonchev–Trinajstić information content (AvgIpc) is 2.14. The molecule has 0 aliphatic carbocycles. The summed E-state index contributed by atoms with van der Waals surface area (Å²) in [5.74, 6) is 0. The van der Waals surface area contributed by atoms with E-state index in [0.29, 0.717) is 6.61 Å². The first kappa shape index (κ1) is 11.9. The second-order valence-corrected chi connectivity index (χ2v) is 2.49. The van der Waals surface area contributed by atoms with Gasteiger partial charge in [-0.05, 0) is 6.42 Å². The zero-order chi connectivity index (χ0) is 10.1. The van der Waals surface area contributed by atoms with E-state index in [1.807, 2.05) is 6.92 Å². The molecule has 5 nitrogen and oxygen atoms in total. The Morgan fingerprint density at radius 1 is 1.69 bits per heavy atom. The molecule has 1 atom stereocenters. The Morgan fingerprint density at radius 2 is 2.38 bits per heavy atom. The highest BCUT2D eigenvalue weighted by Crippen LogP contribution is 1.89. The van der Waals surface area contributed by atoms with Crippen molar-refractivity contribution in [3.05, 3.63) is 0 Å². The van der Waals surface area contributed by atoms with Crippen LogP contribution in [0.2, 0.25) is 0 Å². The van der Waals surface area contributed by atoms with Crippen LogP contribution < -0.4 is 5.32 Å². The van der Waals surface area contributed by atoms with Gasteiger partial charge in [0.15, 0.2) is 0 Å². The second-order valence-electron chi connectivity index (χ2n) is 2.49. The second kappa shape index (κ2) is 7.54. The molecule has 0 heterocycles. The van der Waals surface area contributed by atoms with E-state index in [9.17, 15) is 9.59 Å². The molecule has 0 aromatic carbocycles. The summed E-state index contributed by atoms with van der Waals surface area (Å²) < 4.78 is 4.68. The smallest absolute Gasteiger partial charge is 0.407 e. The quantitative estimate of drug-likeness (QED) is 0.574. The predicted molar refractivity (Wildman–Crippen MR) is 46.0 cm³/mol. The Morgan fingerprint density at radius 3 is 2.85 bits per heavy atom. The predicted octanol–water partition coefficient (Wildman–Crippen LogP) is -0.0167. The number of alkyl carbamates (subject to hydrolysis) is 1. The third-order valence-electron chi connectivity index (χ3n) is 1.35. The van der Waals surface area contributed by atoms with Crippen molar-refractivity contribution in [1.82, 2.24) is 5.32 Å². The maximum absolute atomic E-state index is 10.8. The summed E-state index contributed by atoms with van der Waals surface area (Å²) in [4.78, 5) is 20.9. The first-order chi connectivity index (χ1) is 6.24. The van der Waals surface area contributed by atoms with E-state index in [0.717, 1.165) is 12.8 Å². The molecular formula is C8H14NO4. The van der Waals surface area contributed by atoms with E-state index in [2.05, 4.69) is 10.1 Å². The van der Waals surface area contributed by atoms with Gasteiger partial charge in [0.1, 0.15) is 6.04 Å². The Kier molecular flexibility index (Phi) is 6.91. The topological polar surface area (TPSA) is 75.6 Å². The highest BCUT2D eigenvalue weighted by molar-refractivity contribution is 5.73. The molecule has 5 heteroatoms. The Bertz CT molecular complexity index is 160. The fourth-order valence-electron chi connectivity index (χ4n) is 0.606. The third-order valence-corrected chi connectivity index (χ3v) is 1.35. The van der Waals surface area contributed by atoms with Gasteiger partial charge < -0.3 is 15.2 Å². The van der Waals surface area contributed by atoms with Crippen LogP contribution in [0, 0.1) is 0 Å². The fraction of sp³-hybridized carbons (Fsp3) is 0.750. The number of rotatable bonds is 6. The number of aliphatic hydroxyl groups excluding tert-OH is 1. The summed E-state index contributed by atoms with van der Waals surface area (Å²) in [6.45, 7) is 1.82. The zero-order valence-corrected chi connectivity index (χ0v) is 7.58. The first-order valence-electron chi connectivity index (χ1n) is 4.16. The van der Waals surface area contributed by atoms with Crippen LogP contribution in [0.1, 0.15) is 19.8 Å². The number of amides is 1. The van der Waals surface area contributed by atoms with Crippen molar-refractivity contribution >= 4 is 12.4 Å². The highest BCUT2D eigenvalue weighted by atomic mass is 16.5. The maximum atomic E-state index is 10.8. The van der Waals surface area contributed by atoms with E-state index in [4.69, 9.17) is 5.11 Å². The lowest BCUT2D eigenvalue weighted by Crippen LogP contribution is -2.39. The molecular weight excluding hydrogens is 174 g/mol. The summed E-state index contributed by atoms with van der Waals surface area (Å²) in [5, 5.41) is 10.7. The summed E-state index contributed by atoms with van der Waals surface area (Å²) in [5.41, 5.74) is 0. The number of ether oxygens (including phenoxy) is 1. The largest absolute Gasteiger partial charge is 0.450 e. The van der Waals surface area contributed by atoms with E-state index in [1.165, 1.54) is 6.29 Å². The zero-order valence-electron chi connectivity index (χ0n) is 7.58. The van der Waals surface area contributed by atoms with Crippen molar-refractivity contribution in [2.45, 2.75) is 25.8 Å². The molecule has 0 saturated heterocycles. The summed E-state index contributed by atoms with van der Waals surface area (Å²) in [6.07, 6.45) is 2.47. The van der Waals surface area contributed by atoms with Crippen LogP contribution >= 0.6 is 0 Å². The van der Waals surface area contributed by atoms with Crippen molar-refractivity contribution in [3.63, 3.8) is 0 Å². The molecule has 0 unspecified atom stereocenters. The van der Waals surface area contributed by atoms with E-state index < -0.39 is 18.7 Å². The molecule has 1 radical (unpaired) electrons. The molecule has 0 fully saturated rings. The number of aliphatic hydroxyl groups is 1. The van der Waals surface area contributed by atoms with Crippen molar-refractivity contribution in [2.75, 3.05) is 13.2 Å². The van der Waals surface area contributed by atoms with Crippen LogP contribution in [0.4, 0.5) is 4.79 Å². The van der Waals surface area contributed by atoms with Gasteiger partial charge in [0.05, 0.1) is 13.2 Å². The molecule has 0 aliphatic heterocycles. The molecule has 0 aromatic rings. The molecule has 13 heavy (non-hydrogen) atoms. The number of hydrogen-bond donors (Lipinski definition) is 2. The average molecular weight is 188 g/mol. The summed E-state index contributed by atoms with van der Waals surface area (Å²) >= 11 is 0. The minimum Gasteiger partial charge on any atom is -0.450 e. The van der Waals surface area contributed by atoms with E-state index in [1.54, 1.807) is 0 Å². The lowest BCUT2D eigenvalue weighted by Gasteiger charge is -2.08. The van der Waals surface area contributed by atoms with Gasteiger partial charge in [-0.25, -0.2) is 4.79 Å². The van der Waals surface area contributed by atoms with Gasteiger partial charge in [-0.15, -0.1) is 0 Å². The van der Waals surface area contributed by atoms with Crippen LogP contribution in [0.3, 0.4) is 0 Å². The van der Waals surface area contributed by atoms with Gasteiger partial charge in [0.25, 0.3) is 0 Å². The number of carbonyl (C=O) groups is 1. The number of nitrogens with one attached hydrogen (secondary N) is 1. The van der Waals surface area contributed by atoms with Crippen molar-refractivity contribution in [3.8, 4) is 0 Å². The van der Waals surface area contributed by atoms with Crippen molar-refractivity contribution < 1.29 is 19.4 Å². The SMILES string of the molecule is CCCCOC(=O)N[C@H]([C]=O)CO. The fourth-order valence-corrected chi connectivity index (χ4v) is 0.606. The van der Waals surface area contributed by atoms with E-state index in [-0.39, 0.29) is 0 Å². The Balaban J connectivity index is 3.54. The van der Waals surface area contributed by atoms with Gasteiger partial charge in [0.2, 0.25) is 6.29 Å². The van der Waals surface area contributed by atoms with Crippen molar-refractivity contribution in [2.24, 2.45) is 0 Å². The number of carbonyl (C=O) groups excluding carboxylic acids is 2. The lowest BCUT2D eigenvalue weighted by molar-refractivity contribution is 0.138. The molecule has 0 aliphatic rings. The van der Waals surface area contributed by atoms with Crippen molar-refractivity contribution in [1.29, 1.82) is 0 Å². The third kappa shape index (κ3) is 6.10. The van der Waals surface area contributed by atoms with Gasteiger partial charge >= 0.3 is 6.09 Å². The van der Waals surface area contributed by atoms with Crippen LogP contribution in [0.5, 0.6) is 0 Å². The minimum atomic E-state index is -0.992. The molecule has 0 saturated carbocycles. The molecule has 0 spiro atoms. The van der Waals surface area contributed by atoms with E-state index >= 15 is 0 Å². The molecule has 0 aromatic heterocycles. The molecule has 1 amide bonds. The minimum absolute atomic E-state index is 0.319. The summed E-state index contributed by atoms with van der Waals surface area (Å²) in [7, 11) is 0. The normalized spacial score (nSPS) is 11.8. The number of unbranched alkanes of at least 4 members (excludes halogenated alkanes) is 1. The van der Waals surface area contributed by atoms with Crippen LogP contribution in [0.25, 0.3) is 0 Å². The van der Waals surface area contributed by atoms with Gasteiger partial charge in [-0.2, -0.15) is 0 Å². The Labute approximate surface area is 77.1 Å². The maximum Gasteiger partial charge on any atom is 0.407 e. The van der Waals surface area contributed by atoms with Gasteiger partial charge in [-0.3, -0.25) is 4.79 Å². The molecule has 75 valence electrons. The monoisotopic (exact) mass is 188 g/mol. The van der Waals surface area contributed by atoms with Gasteiger partial charge in [0, 0.05) is 0 Å². The standard InChI is InChI=1S/C8H14NO4/c1-2-3-4-13-8(12)9-7(5-10)6-11/h7,10H,2-5H2,1H3,(H,9,12)/t7-/m0/s1. The van der Waals surface area contributed by atoms with Crippen LogP contribution in [-0.4, -0.2) is 36.7 Å². The molecule has 0 rings (SSSR count). The number of hydrogen-bond acceptors (Lipinski definition) is 4. The van der Waals surface area contributed by atoms with Crippen LogP contribution in [-0.2, 0) is 9.53 Å².